The highest BCUT2D eigenvalue weighted by Crippen LogP contribution is 2.28. The summed E-state index contributed by atoms with van der Waals surface area (Å²) in [6, 6.07) is 13.4. The molecule has 21 heavy (non-hydrogen) atoms. The maximum atomic E-state index is 13.9. The molecule has 2 heteroatoms. The van der Waals surface area contributed by atoms with Crippen molar-refractivity contribution in [1.82, 2.24) is 0 Å². The minimum Gasteiger partial charge on any atom is -0.497 e. The lowest BCUT2D eigenvalue weighted by atomic mass is 9.96. The molecular weight excluding hydrogens is 263 g/mol. The molecule has 0 saturated heterocycles. The van der Waals surface area contributed by atoms with Gasteiger partial charge in [-0.15, -0.1) is 0 Å². The van der Waals surface area contributed by atoms with E-state index in [1.165, 1.54) is 0 Å². The summed E-state index contributed by atoms with van der Waals surface area (Å²) in [7, 11) is 1.65. The van der Waals surface area contributed by atoms with Gasteiger partial charge in [-0.3, -0.25) is 0 Å². The average molecular weight is 284 g/mol. The van der Waals surface area contributed by atoms with E-state index < -0.39 is 0 Å². The van der Waals surface area contributed by atoms with E-state index in [4.69, 9.17) is 4.74 Å². The van der Waals surface area contributed by atoms with Crippen LogP contribution >= 0.6 is 0 Å². The molecule has 0 aliphatic rings. The second-order valence-electron chi connectivity index (χ2n) is 5.14. The highest BCUT2D eigenvalue weighted by molar-refractivity contribution is 5.88. The molecule has 0 bridgehead atoms. The van der Waals surface area contributed by atoms with Crippen LogP contribution in [0.5, 0.6) is 5.75 Å². The fraction of sp³-hybridized carbons (Fsp3) is 0.263. The van der Waals surface area contributed by atoms with Gasteiger partial charge in [0.05, 0.1) is 7.11 Å². The molecule has 0 saturated carbocycles. The molecule has 0 aromatic heterocycles. The molecule has 2 aromatic carbocycles. The number of benzene rings is 2. The van der Waals surface area contributed by atoms with Crippen molar-refractivity contribution in [2.45, 2.75) is 27.2 Å². The molecule has 0 spiro atoms. The maximum absolute atomic E-state index is 13.9. The summed E-state index contributed by atoms with van der Waals surface area (Å²) in [5.41, 5.74) is 5.03. The Labute approximate surface area is 126 Å². The van der Waals surface area contributed by atoms with Gasteiger partial charge in [0.1, 0.15) is 11.6 Å². The molecule has 110 valence electrons. The SMILES string of the molecule is CCc1ccc(/C(C)=C(/C)c2ccc(OC)cc2)cc1F. The molecule has 0 heterocycles. The van der Waals surface area contributed by atoms with Gasteiger partial charge in [0.25, 0.3) is 0 Å². The summed E-state index contributed by atoms with van der Waals surface area (Å²) < 4.78 is 19.1. The summed E-state index contributed by atoms with van der Waals surface area (Å²) in [5.74, 6) is 0.708. The molecule has 0 fully saturated rings. The van der Waals surface area contributed by atoms with Crippen molar-refractivity contribution in [1.29, 1.82) is 0 Å². The van der Waals surface area contributed by atoms with Crippen LogP contribution in [0, 0.1) is 5.82 Å². The molecule has 2 rings (SSSR count). The van der Waals surface area contributed by atoms with Crippen molar-refractivity contribution in [3.8, 4) is 5.75 Å². The first-order chi connectivity index (χ1) is 10.1. The topological polar surface area (TPSA) is 9.23 Å². The third-order valence-corrected chi connectivity index (χ3v) is 3.95. The zero-order chi connectivity index (χ0) is 15.4. The van der Waals surface area contributed by atoms with Gasteiger partial charge in [-0.25, -0.2) is 4.39 Å². The summed E-state index contributed by atoms with van der Waals surface area (Å²) in [6.45, 7) is 6.05. The summed E-state index contributed by atoms with van der Waals surface area (Å²) >= 11 is 0. The van der Waals surface area contributed by atoms with Crippen LogP contribution in [0.25, 0.3) is 11.1 Å². The Balaban J connectivity index is 2.38. The molecule has 0 atom stereocenters. The molecule has 0 amide bonds. The van der Waals surface area contributed by atoms with E-state index in [9.17, 15) is 4.39 Å². The molecule has 0 aliphatic carbocycles. The van der Waals surface area contributed by atoms with Crippen molar-refractivity contribution in [2.75, 3.05) is 7.11 Å². The molecule has 0 N–H and O–H groups in total. The molecule has 1 nitrogen and oxygen atoms in total. The van der Waals surface area contributed by atoms with Gasteiger partial charge >= 0.3 is 0 Å². The van der Waals surface area contributed by atoms with Gasteiger partial charge in [-0.2, -0.15) is 0 Å². The Morgan fingerprint density at radius 1 is 0.952 bits per heavy atom. The van der Waals surface area contributed by atoms with Gasteiger partial charge in [0.2, 0.25) is 0 Å². The van der Waals surface area contributed by atoms with Crippen LogP contribution in [-0.4, -0.2) is 7.11 Å². The van der Waals surface area contributed by atoms with Gasteiger partial charge in [0.15, 0.2) is 0 Å². The second kappa shape index (κ2) is 6.57. The van der Waals surface area contributed by atoms with Crippen molar-refractivity contribution in [2.24, 2.45) is 0 Å². The van der Waals surface area contributed by atoms with Crippen LogP contribution in [0.15, 0.2) is 42.5 Å². The van der Waals surface area contributed by atoms with Crippen LogP contribution in [-0.2, 0) is 6.42 Å². The Hall–Kier alpha value is -2.09. The van der Waals surface area contributed by atoms with Crippen LogP contribution in [0.3, 0.4) is 0 Å². The highest BCUT2D eigenvalue weighted by Gasteiger charge is 2.07. The third kappa shape index (κ3) is 3.33. The summed E-state index contributed by atoms with van der Waals surface area (Å²) in [4.78, 5) is 0. The number of methoxy groups -OCH3 is 1. The predicted octanol–water partition coefficient (Wildman–Crippen LogP) is 5.35. The number of allylic oxidation sites excluding steroid dienone is 2. The van der Waals surface area contributed by atoms with E-state index in [2.05, 4.69) is 6.92 Å². The summed E-state index contributed by atoms with van der Waals surface area (Å²) in [6.07, 6.45) is 0.715. The standard InChI is InChI=1S/C19H21FO/c1-5-15-6-7-17(12-19(15)20)14(3)13(2)16-8-10-18(21-4)11-9-16/h6-12H,5H2,1-4H3/b14-13-. The van der Waals surface area contributed by atoms with Gasteiger partial charge in [0, 0.05) is 0 Å². The van der Waals surface area contributed by atoms with Crippen molar-refractivity contribution < 1.29 is 9.13 Å². The predicted molar refractivity (Wildman–Crippen MR) is 86.9 cm³/mol. The maximum Gasteiger partial charge on any atom is 0.126 e. The van der Waals surface area contributed by atoms with Gasteiger partial charge in [-0.05, 0) is 66.3 Å². The zero-order valence-corrected chi connectivity index (χ0v) is 13.0. The molecule has 0 radical (unpaired) electrons. The smallest absolute Gasteiger partial charge is 0.126 e. The minimum atomic E-state index is -0.128. The Kier molecular flexibility index (Phi) is 4.79. The van der Waals surface area contributed by atoms with E-state index in [-0.39, 0.29) is 5.82 Å². The minimum absolute atomic E-state index is 0.128. The molecule has 0 unspecified atom stereocenters. The van der Waals surface area contributed by atoms with E-state index in [1.54, 1.807) is 13.2 Å². The fourth-order valence-electron chi connectivity index (χ4n) is 2.34. The zero-order valence-electron chi connectivity index (χ0n) is 13.0. The molecular formula is C19H21FO. The van der Waals surface area contributed by atoms with E-state index >= 15 is 0 Å². The fourth-order valence-corrected chi connectivity index (χ4v) is 2.34. The summed E-state index contributed by atoms with van der Waals surface area (Å²) in [5, 5.41) is 0. The first kappa shape index (κ1) is 15.3. The average Bonchev–Trinajstić information content (AvgIpc) is 2.53. The lowest BCUT2D eigenvalue weighted by Gasteiger charge is -2.11. The Bertz CT molecular complexity index is 654. The first-order valence-electron chi connectivity index (χ1n) is 7.17. The lowest BCUT2D eigenvalue weighted by Crippen LogP contribution is -1.92. The van der Waals surface area contributed by atoms with Crippen LogP contribution in [0.4, 0.5) is 4.39 Å². The lowest BCUT2D eigenvalue weighted by molar-refractivity contribution is 0.415. The molecule has 0 aliphatic heterocycles. The largest absolute Gasteiger partial charge is 0.497 e. The van der Waals surface area contributed by atoms with Gasteiger partial charge in [-0.1, -0.05) is 31.2 Å². The number of halogens is 1. The number of aryl methyl sites for hydroxylation is 1. The van der Waals surface area contributed by atoms with E-state index in [0.717, 1.165) is 33.6 Å². The third-order valence-electron chi connectivity index (χ3n) is 3.95. The molecule has 2 aromatic rings. The Morgan fingerprint density at radius 2 is 1.52 bits per heavy atom. The van der Waals surface area contributed by atoms with Crippen molar-refractivity contribution in [3.05, 3.63) is 65.0 Å². The second-order valence-corrected chi connectivity index (χ2v) is 5.14. The normalized spacial score (nSPS) is 12.0. The quantitative estimate of drug-likeness (QED) is 0.688. The van der Waals surface area contributed by atoms with Crippen LogP contribution < -0.4 is 4.74 Å². The first-order valence-corrected chi connectivity index (χ1v) is 7.17. The van der Waals surface area contributed by atoms with E-state index in [0.29, 0.717) is 6.42 Å². The highest BCUT2D eigenvalue weighted by atomic mass is 19.1. The van der Waals surface area contributed by atoms with Crippen molar-refractivity contribution in [3.63, 3.8) is 0 Å². The monoisotopic (exact) mass is 284 g/mol. The number of rotatable bonds is 4. The number of hydrogen-bond donors (Lipinski definition) is 0. The Morgan fingerprint density at radius 3 is 2.05 bits per heavy atom. The van der Waals surface area contributed by atoms with Gasteiger partial charge < -0.3 is 4.74 Å². The number of ether oxygens (including phenoxy) is 1. The van der Waals surface area contributed by atoms with Crippen molar-refractivity contribution >= 4 is 11.1 Å². The van der Waals surface area contributed by atoms with Crippen LogP contribution in [0.1, 0.15) is 37.5 Å². The van der Waals surface area contributed by atoms with E-state index in [1.807, 2.05) is 50.2 Å². The number of hydrogen-bond acceptors (Lipinski definition) is 1. The van der Waals surface area contributed by atoms with Crippen LogP contribution in [0.2, 0.25) is 0 Å².